The number of urea groups is 1. The molecule has 0 bridgehead atoms. The molecule has 8 heteroatoms. The molecule has 0 spiro atoms. The lowest BCUT2D eigenvalue weighted by Gasteiger charge is -2.32. The Balaban J connectivity index is 1.75. The van der Waals surface area contributed by atoms with E-state index in [-0.39, 0.29) is 24.2 Å². The molecule has 0 unspecified atom stereocenters. The van der Waals surface area contributed by atoms with Crippen molar-refractivity contribution in [3.63, 3.8) is 0 Å². The molecule has 128 valence electrons. The van der Waals surface area contributed by atoms with E-state index in [9.17, 15) is 18.8 Å². The smallest absolute Gasteiger partial charge is 0.332 e. The molecule has 2 fully saturated rings. The molecule has 1 N–H and O–H groups in total. The van der Waals surface area contributed by atoms with E-state index in [1.807, 2.05) is 0 Å². The molecule has 4 amide bonds. The van der Waals surface area contributed by atoms with Crippen LogP contribution >= 0.6 is 0 Å². The molecule has 0 saturated carbocycles. The maximum Gasteiger partial charge on any atom is 0.332 e. The van der Waals surface area contributed by atoms with Crippen molar-refractivity contribution in [3.8, 4) is 0 Å². The van der Waals surface area contributed by atoms with Crippen LogP contribution < -0.4 is 10.2 Å². The fraction of sp³-hybridized carbons (Fsp3) is 0.438. The van der Waals surface area contributed by atoms with Crippen LogP contribution in [0, 0.1) is 5.82 Å². The fourth-order valence-electron chi connectivity index (χ4n) is 3.18. The van der Waals surface area contributed by atoms with E-state index in [4.69, 9.17) is 4.74 Å². The predicted molar refractivity (Wildman–Crippen MR) is 82.8 cm³/mol. The number of halogens is 1. The molecular formula is C16H18FN3O4. The number of hydrogen-bond acceptors (Lipinski definition) is 4. The van der Waals surface area contributed by atoms with Gasteiger partial charge in [0.2, 0.25) is 5.91 Å². The van der Waals surface area contributed by atoms with E-state index >= 15 is 0 Å². The highest BCUT2D eigenvalue weighted by molar-refractivity contribution is 6.21. The lowest BCUT2D eigenvalue weighted by molar-refractivity contribution is -0.127. The molecular weight excluding hydrogens is 317 g/mol. The number of amides is 4. The third kappa shape index (κ3) is 2.96. The van der Waals surface area contributed by atoms with E-state index in [2.05, 4.69) is 5.32 Å². The zero-order valence-corrected chi connectivity index (χ0v) is 13.2. The van der Waals surface area contributed by atoms with Gasteiger partial charge in [0.05, 0.1) is 5.69 Å². The van der Waals surface area contributed by atoms with Crippen LogP contribution in [0.1, 0.15) is 12.8 Å². The Kier molecular flexibility index (Phi) is 4.48. The Morgan fingerprint density at radius 2 is 2.21 bits per heavy atom. The van der Waals surface area contributed by atoms with Gasteiger partial charge in [-0.05, 0) is 31.0 Å². The first kappa shape index (κ1) is 16.4. The number of anilines is 1. The first-order chi connectivity index (χ1) is 11.5. The Labute approximate surface area is 138 Å². The molecule has 0 radical (unpaired) electrons. The van der Waals surface area contributed by atoms with Crippen molar-refractivity contribution in [2.75, 3.05) is 25.2 Å². The van der Waals surface area contributed by atoms with E-state index in [1.165, 1.54) is 30.2 Å². The molecule has 7 nitrogen and oxygen atoms in total. The fourth-order valence-corrected chi connectivity index (χ4v) is 3.18. The van der Waals surface area contributed by atoms with Gasteiger partial charge in [-0.25, -0.2) is 14.1 Å². The monoisotopic (exact) mass is 335 g/mol. The van der Waals surface area contributed by atoms with Gasteiger partial charge in [-0.3, -0.25) is 9.59 Å². The quantitative estimate of drug-likeness (QED) is 0.829. The summed E-state index contributed by atoms with van der Waals surface area (Å²) in [7, 11) is 1.43. The summed E-state index contributed by atoms with van der Waals surface area (Å²) >= 11 is 0. The number of carbonyl (C=O) groups is 3. The maximum absolute atomic E-state index is 13.4. The highest BCUT2D eigenvalue weighted by Crippen LogP contribution is 2.31. The first-order valence-corrected chi connectivity index (χ1v) is 7.69. The maximum atomic E-state index is 13.4. The number of imide groups is 1. The molecule has 0 aliphatic carbocycles. The number of piperidine rings is 1. The third-order valence-corrected chi connectivity index (χ3v) is 4.25. The average Bonchev–Trinajstić information content (AvgIpc) is 2.78. The topological polar surface area (TPSA) is 79.0 Å². The summed E-state index contributed by atoms with van der Waals surface area (Å²) < 4.78 is 18.2. The standard InChI is InChI=1S/C16H18FN3O4/c1-24-9-14(21)18-11-5-6-19-13(8-11)15(22)20(16(19)23)12-4-2-3-10(17)7-12/h2-4,7,11,13H,5-6,8-9H2,1H3,(H,18,21)/t11-,13+/m1/s1. The Morgan fingerprint density at radius 1 is 1.42 bits per heavy atom. The predicted octanol–water partition coefficient (Wildman–Crippen LogP) is 0.888. The van der Waals surface area contributed by atoms with E-state index in [0.29, 0.717) is 19.4 Å². The molecule has 2 aliphatic rings. The first-order valence-electron chi connectivity index (χ1n) is 7.69. The summed E-state index contributed by atoms with van der Waals surface area (Å²) in [4.78, 5) is 39.2. The average molecular weight is 335 g/mol. The molecule has 24 heavy (non-hydrogen) atoms. The molecule has 2 heterocycles. The van der Waals surface area contributed by atoms with Crippen LogP contribution in [0.4, 0.5) is 14.9 Å². The minimum Gasteiger partial charge on any atom is -0.375 e. The Hall–Kier alpha value is -2.48. The van der Waals surface area contributed by atoms with Crippen molar-refractivity contribution in [1.82, 2.24) is 10.2 Å². The van der Waals surface area contributed by atoms with E-state index in [0.717, 1.165) is 11.0 Å². The normalized spacial score (nSPS) is 23.4. The van der Waals surface area contributed by atoms with Crippen LogP contribution in [0.2, 0.25) is 0 Å². The second-order valence-electron chi connectivity index (χ2n) is 5.87. The van der Waals surface area contributed by atoms with Crippen molar-refractivity contribution in [1.29, 1.82) is 0 Å². The van der Waals surface area contributed by atoms with Crippen LogP contribution in [-0.2, 0) is 14.3 Å². The molecule has 0 aromatic heterocycles. The van der Waals surface area contributed by atoms with Gasteiger partial charge in [0.15, 0.2) is 0 Å². The SMILES string of the molecule is COCC(=O)N[C@@H]1CCN2C(=O)N(c3cccc(F)c3)C(=O)[C@@H]2C1. The number of nitrogens with one attached hydrogen (secondary N) is 1. The zero-order valence-electron chi connectivity index (χ0n) is 13.2. The zero-order chi connectivity index (χ0) is 17.3. The van der Waals surface area contributed by atoms with Crippen LogP contribution in [-0.4, -0.2) is 55.1 Å². The van der Waals surface area contributed by atoms with E-state index in [1.54, 1.807) is 0 Å². The number of fused-ring (bicyclic) bond motifs is 1. The highest BCUT2D eigenvalue weighted by atomic mass is 19.1. The van der Waals surface area contributed by atoms with Crippen LogP contribution in [0.25, 0.3) is 0 Å². The van der Waals surface area contributed by atoms with Gasteiger partial charge in [-0.2, -0.15) is 0 Å². The largest absolute Gasteiger partial charge is 0.375 e. The van der Waals surface area contributed by atoms with Gasteiger partial charge in [0, 0.05) is 19.7 Å². The van der Waals surface area contributed by atoms with Gasteiger partial charge in [0.1, 0.15) is 18.5 Å². The van der Waals surface area contributed by atoms with Crippen LogP contribution in [0.3, 0.4) is 0 Å². The minimum absolute atomic E-state index is 0.0484. The lowest BCUT2D eigenvalue weighted by Crippen LogP contribution is -2.50. The van der Waals surface area contributed by atoms with Gasteiger partial charge in [-0.15, -0.1) is 0 Å². The Bertz CT molecular complexity index is 681. The number of nitrogens with zero attached hydrogens (tertiary/aromatic N) is 2. The van der Waals surface area contributed by atoms with Crippen molar-refractivity contribution in [3.05, 3.63) is 30.1 Å². The molecule has 2 aliphatic heterocycles. The summed E-state index contributed by atoms with van der Waals surface area (Å²) in [5.74, 6) is -1.16. The van der Waals surface area contributed by atoms with Gasteiger partial charge in [-0.1, -0.05) is 6.07 Å². The summed E-state index contributed by atoms with van der Waals surface area (Å²) in [6.45, 7) is 0.312. The summed E-state index contributed by atoms with van der Waals surface area (Å²) in [5, 5.41) is 2.80. The second kappa shape index (κ2) is 6.56. The number of hydrogen-bond donors (Lipinski definition) is 1. The van der Waals surface area contributed by atoms with Gasteiger partial charge in [0.25, 0.3) is 5.91 Å². The minimum atomic E-state index is -0.637. The number of ether oxygens (including phenoxy) is 1. The van der Waals surface area contributed by atoms with Crippen molar-refractivity contribution < 1.29 is 23.5 Å². The van der Waals surface area contributed by atoms with Gasteiger partial charge >= 0.3 is 6.03 Å². The molecule has 2 atom stereocenters. The van der Waals surface area contributed by atoms with Crippen LogP contribution in [0.15, 0.2) is 24.3 Å². The summed E-state index contributed by atoms with van der Waals surface area (Å²) in [5.41, 5.74) is 0.222. The number of methoxy groups -OCH3 is 1. The number of rotatable bonds is 4. The third-order valence-electron chi connectivity index (χ3n) is 4.25. The molecule has 1 aromatic carbocycles. The second-order valence-corrected chi connectivity index (χ2v) is 5.87. The lowest BCUT2D eigenvalue weighted by atomic mass is 9.98. The Morgan fingerprint density at radius 3 is 2.92 bits per heavy atom. The van der Waals surface area contributed by atoms with Crippen LogP contribution in [0.5, 0.6) is 0 Å². The highest BCUT2D eigenvalue weighted by Gasteiger charge is 2.48. The number of benzene rings is 1. The molecule has 1 aromatic rings. The molecule has 2 saturated heterocycles. The van der Waals surface area contributed by atoms with Crippen molar-refractivity contribution in [2.24, 2.45) is 0 Å². The summed E-state index contributed by atoms with van der Waals surface area (Å²) in [6, 6.07) is 4.11. The summed E-state index contributed by atoms with van der Waals surface area (Å²) in [6.07, 6.45) is 0.897. The van der Waals surface area contributed by atoms with Crippen molar-refractivity contribution in [2.45, 2.75) is 24.9 Å². The molecule has 3 rings (SSSR count). The van der Waals surface area contributed by atoms with Gasteiger partial charge < -0.3 is 15.0 Å². The van der Waals surface area contributed by atoms with E-state index < -0.39 is 23.8 Å². The number of carbonyl (C=O) groups excluding carboxylic acids is 3. The van der Waals surface area contributed by atoms with Crippen molar-refractivity contribution >= 4 is 23.5 Å².